The highest BCUT2D eigenvalue weighted by molar-refractivity contribution is 6.02. The van der Waals surface area contributed by atoms with E-state index in [9.17, 15) is 27.6 Å². The van der Waals surface area contributed by atoms with Crippen molar-refractivity contribution in [3.05, 3.63) is 76.6 Å². The van der Waals surface area contributed by atoms with Crippen LogP contribution in [-0.4, -0.2) is 46.8 Å². The van der Waals surface area contributed by atoms with Gasteiger partial charge < -0.3 is 29.4 Å². The molecule has 0 spiro atoms. The number of ketones is 1. The quantitative estimate of drug-likeness (QED) is 0.276. The zero-order valence-electron chi connectivity index (χ0n) is 24.3. The number of carbonyl (C=O) groups excluding carboxylic acids is 3. The molecule has 5 rings (SSSR count). The summed E-state index contributed by atoms with van der Waals surface area (Å²) >= 11 is 0. The van der Waals surface area contributed by atoms with Gasteiger partial charge in [0.1, 0.15) is 5.75 Å². The molecule has 2 amide bonds. The predicted molar refractivity (Wildman–Crippen MR) is 153 cm³/mol. The number of hydrogen-bond donors (Lipinski definition) is 1. The van der Waals surface area contributed by atoms with Crippen molar-refractivity contribution in [2.45, 2.75) is 64.9 Å². The van der Waals surface area contributed by atoms with Gasteiger partial charge in [0.2, 0.25) is 12.7 Å². The van der Waals surface area contributed by atoms with Crippen molar-refractivity contribution in [2.24, 2.45) is 11.7 Å². The topological polar surface area (TPSA) is 113 Å². The maximum atomic E-state index is 13.9. The molecule has 2 aromatic carbocycles. The summed E-state index contributed by atoms with van der Waals surface area (Å²) in [5.41, 5.74) is 7.34. The number of nitrogens with two attached hydrogens (primary N) is 1. The lowest BCUT2D eigenvalue weighted by Crippen LogP contribution is -2.37. The summed E-state index contributed by atoms with van der Waals surface area (Å²) in [5, 5.41) is 0. The number of fused-ring (bicyclic) bond motifs is 1. The van der Waals surface area contributed by atoms with E-state index in [1.807, 2.05) is 6.07 Å². The van der Waals surface area contributed by atoms with Gasteiger partial charge in [-0.1, -0.05) is 37.5 Å². The second-order valence-electron chi connectivity index (χ2n) is 11.2. The van der Waals surface area contributed by atoms with Crippen LogP contribution in [0.3, 0.4) is 0 Å². The van der Waals surface area contributed by atoms with Crippen LogP contribution in [0.5, 0.6) is 17.2 Å². The number of Topliss-reactive ketones (excluding diaryl/α,β-unsaturated/α-hetero) is 1. The van der Waals surface area contributed by atoms with Gasteiger partial charge in [0.05, 0.1) is 17.8 Å². The molecule has 9 nitrogen and oxygen atoms in total. The maximum absolute atomic E-state index is 13.9. The van der Waals surface area contributed by atoms with Gasteiger partial charge in [-0.25, -0.2) is 0 Å². The number of amides is 2. The lowest BCUT2D eigenvalue weighted by Gasteiger charge is -2.27. The van der Waals surface area contributed by atoms with E-state index in [2.05, 4.69) is 4.74 Å². The highest BCUT2D eigenvalue weighted by Crippen LogP contribution is 2.33. The van der Waals surface area contributed by atoms with Crippen molar-refractivity contribution in [3.8, 4) is 17.2 Å². The van der Waals surface area contributed by atoms with Crippen molar-refractivity contribution in [3.63, 3.8) is 0 Å². The van der Waals surface area contributed by atoms with E-state index in [4.69, 9.17) is 15.2 Å². The zero-order valence-corrected chi connectivity index (χ0v) is 24.3. The standard InChI is InChI=1S/C32H34F3N3O6/c1-20-25(31(36)41)15-26(38(20)17-22-8-5-9-24(12-22)44-32(33,34)35)27(39)18-37(30(40)14-21-6-3-2-4-7-21)16-23-10-11-28-29(13-23)43-19-42-28/h5,8-13,15,21H,2-4,6-7,14,16-19H2,1H3,(H2,36,41). The Labute approximate surface area is 252 Å². The highest BCUT2D eigenvalue weighted by Gasteiger charge is 2.31. The summed E-state index contributed by atoms with van der Waals surface area (Å²) in [7, 11) is 0. The number of benzene rings is 2. The second-order valence-corrected chi connectivity index (χ2v) is 11.2. The summed E-state index contributed by atoms with van der Waals surface area (Å²) in [6.07, 6.45) is 0.642. The van der Waals surface area contributed by atoms with Crippen LogP contribution in [0.2, 0.25) is 0 Å². The molecule has 0 bridgehead atoms. The fourth-order valence-corrected chi connectivity index (χ4v) is 5.87. The zero-order chi connectivity index (χ0) is 31.4. The first-order chi connectivity index (χ1) is 21.0. The summed E-state index contributed by atoms with van der Waals surface area (Å²) in [6, 6.07) is 12.1. The number of carbonyl (C=O) groups is 3. The fourth-order valence-electron chi connectivity index (χ4n) is 5.87. The van der Waals surface area contributed by atoms with Crippen LogP contribution in [0.25, 0.3) is 0 Å². The number of halogens is 3. The van der Waals surface area contributed by atoms with Crippen LogP contribution in [-0.2, 0) is 17.9 Å². The minimum atomic E-state index is -4.87. The van der Waals surface area contributed by atoms with Gasteiger partial charge in [0, 0.05) is 25.2 Å². The molecule has 2 heterocycles. The van der Waals surface area contributed by atoms with Crippen LogP contribution < -0.4 is 19.9 Å². The van der Waals surface area contributed by atoms with Gasteiger partial charge >= 0.3 is 6.36 Å². The predicted octanol–water partition coefficient (Wildman–Crippen LogP) is 5.75. The second kappa shape index (κ2) is 13.0. The molecule has 44 heavy (non-hydrogen) atoms. The van der Waals surface area contributed by atoms with E-state index in [0.717, 1.165) is 37.7 Å². The molecule has 1 aromatic heterocycles. The van der Waals surface area contributed by atoms with Gasteiger partial charge in [0.25, 0.3) is 5.91 Å². The molecule has 2 aliphatic rings. The van der Waals surface area contributed by atoms with Crippen LogP contribution >= 0.6 is 0 Å². The fraction of sp³-hybridized carbons (Fsp3) is 0.406. The summed E-state index contributed by atoms with van der Waals surface area (Å²) < 4.78 is 54.9. The van der Waals surface area contributed by atoms with Gasteiger partial charge in [0.15, 0.2) is 17.3 Å². The van der Waals surface area contributed by atoms with Gasteiger partial charge in [-0.15, -0.1) is 13.2 Å². The highest BCUT2D eigenvalue weighted by atomic mass is 19.4. The molecule has 0 saturated heterocycles. The van der Waals surface area contributed by atoms with Crippen molar-refractivity contribution >= 4 is 17.6 Å². The Morgan fingerprint density at radius 3 is 2.48 bits per heavy atom. The lowest BCUT2D eigenvalue weighted by atomic mass is 9.86. The Hall–Kier alpha value is -4.48. The molecule has 2 N–H and O–H groups in total. The number of ether oxygens (including phenoxy) is 3. The Balaban J connectivity index is 1.42. The SMILES string of the molecule is Cc1c(C(N)=O)cc(C(=O)CN(Cc2ccc3c(c2)OCO3)C(=O)CC2CCCCC2)n1Cc1cccc(OC(F)(F)F)c1. The summed E-state index contributed by atoms with van der Waals surface area (Å²) in [5.74, 6) is -0.376. The Bertz CT molecular complexity index is 1540. The van der Waals surface area contributed by atoms with E-state index >= 15 is 0 Å². The molecule has 0 atom stereocenters. The van der Waals surface area contributed by atoms with E-state index in [1.54, 1.807) is 25.1 Å². The molecular formula is C32H34F3N3O6. The molecular weight excluding hydrogens is 579 g/mol. The normalized spacial score (nSPS) is 14.8. The third kappa shape index (κ3) is 7.53. The van der Waals surface area contributed by atoms with E-state index in [1.165, 1.54) is 33.7 Å². The van der Waals surface area contributed by atoms with Crippen molar-refractivity contribution in [1.82, 2.24) is 9.47 Å². The number of primary amides is 1. The van der Waals surface area contributed by atoms with Gasteiger partial charge in [-0.2, -0.15) is 0 Å². The Morgan fingerprint density at radius 1 is 1.00 bits per heavy atom. The van der Waals surface area contributed by atoms with Crippen molar-refractivity contribution < 1.29 is 41.8 Å². The Morgan fingerprint density at radius 2 is 1.75 bits per heavy atom. The van der Waals surface area contributed by atoms with Crippen LogP contribution in [0, 0.1) is 12.8 Å². The molecule has 0 unspecified atom stereocenters. The van der Waals surface area contributed by atoms with E-state index in [-0.39, 0.29) is 49.5 Å². The van der Waals surface area contributed by atoms with Crippen molar-refractivity contribution in [1.29, 1.82) is 0 Å². The third-order valence-corrected chi connectivity index (χ3v) is 8.08. The minimum Gasteiger partial charge on any atom is -0.454 e. The Kier molecular flexibility index (Phi) is 9.17. The largest absolute Gasteiger partial charge is 0.573 e. The monoisotopic (exact) mass is 613 g/mol. The summed E-state index contributed by atoms with van der Waals surface area (Å²) in [4.78, 5) is 41.3. The average molecular weight is 614 g/mol. The first kappa shape index (κ1) is 31.0. The lowest BCUT2D eigenvalue weighted by molar-refractivity contribution is -0.274. The van der Waals surface area contributed by atoms with Crippen LogP contribution in [0.15, 0.2) is 48.5 Å². The number of hydrogen-bond acceptors (Lipinski definition) is 6. The molecule has 3 aromatic rings. The number of nitrogens with zero attached hydrogens (tertiary/aromatic N) is 2. The van der Waals surface area contributed by atoms with Crippen LogP contribution in [0.1, 0.15) is 76.2 Å². The average Bonchev–Trinajstić information content (AvgIpc) is 3.56. The number of rotatable bonds is 11. The molecule has 0 radical (unpaired) electrons. The maximum Gasteiger partial charge on any atom is 0.573 e. The molecule has 234 valence electrons. The number of alkyl halides is 3. The minimum absolute atomic E-state index is 0.0343. The van der Waals surface area contributed by atoms with Crippen molar-refractivity contribution in [2.75, 3.05) is 13.3 Å². The molecule has 12 heteroatoms. The van der Waals surface area contributed by atoms with E-state index < -0.39 is 23.8 Å². The van der Waals surface area contributed by atoms with E-state index in [0.29, 0.717) is 29.2 Å². The first-order valence-corrected chi connectivity index (χ1v) is 14.5. The molecule has 1 aliphatic heterocycles. The molecule has 1 aliphatic carbocycles. The number of aromatic nitrogens is 1. The smallest absolute Gasteiger partial charge is 0.454 e. The van der Waals surface area contributed by atoms with Gasteiger partial charge in [-0.05, 0) is 67.1 Å². The first-order valence-electron chi connectivity index (χ1n) is 14.5. The molecule has 1 fully saturated rings. The summed E-state index contributed by atoms with van der Waals surface area (Å²) in [6.45, 7) is 1.54. The van der Waals surface area contributed by atoms with Gasteiger partial charge in [-0.3, -0.25) is 14.4 Å². The van der Waals surface area contributed by atoms with Crippen LogP contribution in [0.4, 0.5) is 13.2 Å². The molecule has 1 saturated carbocycles. The third-order valence-electron chi connectivity index (χ3n) is 8.08.